The van der Waals surface area contributed by atoms with Crippen molar-refractivity contribution in [2.45, 2.75) is 19.0 Å². The number of methoxy groups -OCH3 is 2. The van der Waals surface area contributed by atoms with Gasteiger partial charge in [0.1, 0.15) is 24.2 Å². The maximum Gasteiger partial charge on any atom is 0.227 e. The van der Waals surface area contributed by atoms with Crippen LogP contribution in [0, 0.1) is 0 Å². The molecule has 0 aromatic carbocycles. The second-order valence-electron chi connectivity index (χ2n) is 5.59. The van der Waals surface area contributed by atoms with Gasteiger partial charge in [-0.15, -0.1) is 0 Å². The largest absolute Gasteiger partial charge is 0.490 e. The molecule has 1 fully saturated rings. The highest BCUT2D eigenvalue weighted by atomic mass is 16.5. The molecule has 1 atom stereocenters. The minimum absolute atomic E-state index is 0.166. The van der Waals surface area contributed by atoms with Gasteiger partial charge in [-0.3, -0.25) is 9.69 Å². The summed E-state index contributed by atoms with van der Waals surface area (Å²) in [7, 11) is 3.02. The van der Waals surface area contributed by atoms with Crippen LogP contribution in [0.3, 0.4) is 0 Å². The molecule has 3 rings (SSSR count). The second-order valence-corrected chi connectivity index (χ2v) is 5.59. The van der Waals surface area contributed by atoms with Crippen LogP contribution in [0.2, 0.25) is 0 Å². The lowest BCUT2D eigenvalue weighted by Gasteiger charge is -2.16. The zero-order valence-electron chi connectivity index (χ0n) is 13.7. The smallest absolute Gasteiger partial charge is 0.227 e. The molecule has 0 radical (unpaired) electrons. The topological polar surface area (TPSA) is 89.7 Å². The Morgan fingerprint density at radius 2 is 2.21 bits per heavy atom. The first-order chi connectivity index (χ1) is 11.7. The molecule has 1 aliphatic rings. The molecule has 1 aliphatic heterocycles. The number of likely N-dealkylation sites (tertiary alicyclic amines) is 1. The molecular weight excluding hydrogens is 312 g/mol. The Balaban J connectivity index is 1.57. The van der Waals surface area contributed by atoms with Gasteiger partial charge in [0.2, 0.25) is 17.1 Å². The van der Waals surface area contributed by atoms with Crippen LogP contribution in [0.25, 0.3) is 0 Å². The summed E-state index contributed by atoms with van der Waals surface area (Å²) in [6.07, 6.45) is 3.81. The predicted molar refractivity (Wildman–Crippen MR) is 87.4 cm³/mol. The summed E-state index contributed by atoms with van der Waals surface area (Å²) < 4.78 is 15.5. The zero-order chi connectivity index (χ0) is 16.9. The van der Waals surface area contributed by atoms with Gasteiger partial charge in [0.25, 0.3) is 0 Å². The summed E-state index contributed by atoms with van der Waals surface area (Å²) in [6.45, 7) is 2.34. The SMILES string of the molecule is COc1cc(NC2CCN(Cc3cc(=O)c(OC)co3)C2)ncn1. The Morgan fingerprint density at radius 3 is 2.96 bits per heavy atom. The molecule has 1 saturated heterocycles. The number of ether oxygens (including phenoxy) is 2. The molecule has 0 bridgehead atoms. The Morgan fingerprint density at radius 1 is 1.33 bits per heavy atom. The summed E-state index contributed by atoms with van der Waals surface area (Å²) >= 11 is 0. The summed E-state index contributed by atoms with van der Waals surface area (Å²) in [5, 5.41) is 3.38. The molecule has 3 heterocycles. The lowest BCUT2D eigenvalue weighted by Crippen LogP contribution is -2.26. The number of hydrogen-bond donors (Lipinski definition) is 1. The van der Waals surface area contributed by atoms with E-state index >= 15 is 0 Å². The van der Waals surface area contributed by atoms with Crippen LogP contribution in [0.1, 0.15) is 12.2 Å². The van der Waals surface area contributed by atoms with Crippen LogP contribution < -0.4 is 20.2 Å². The van der Waals surface area contributed by atoms with E-state index in [1.54, 1.807) is 13.2 Å². The summed E-state index contributed by atoms with van der Waals surface area (Å²) in [5.74, 6) is 2.12. The van der Waals surface area contributed by atoms with E-state index in [9.17, 15) is 4.79 Å². The summed E-state index contributed by atoms with van der Waals surface area (Å²) in [5.41, 5.74) is -0.166. The molecule has 0 spiro atoms. The Labute approximate surface area is 139 Å². The summed E-state index contributed by atoms with van der Waals surface area (Å²) in [4.78, 5) is 22.2. The Hall–Kier alpha value is -2.61. The van der Waals surface area contributed by atoms with Gasteiger partial charge < -0.3 is 19.2 Å². The second kappa shape index (κ2) is 7.31. The molecule has 1 unspecified atom stereocenters. The van der Waals surface area contributed by atoms with Gasteiger partial charge in [0, 0.05) is 31.3 Å². The number of nitrogens with zero attached hydrogens (tertiary/aromatic N) is 3. The minimum Gasteiger partial charge on any atom is -0.490 e. The third kappa shape index (κ3) is 3.83. The zero-order valence-corrected chi connectivity index (χ0v) is 13.7. The van der Waals surface area contributed by atoms with Gasteiger partial charge in [-0.05, 0) is 6.42 Å². The summed E-state index contributed by atoms with van der Waals surface area (Å²) in [6, 6.07) is 3.52. The van der Waals surface area contributed by atoms with Crippen molar-refractivity contribution < 1.29 is 13.9 Å². The van der Waals surface area contributed by atoms with Crippen molar-refractivity contribution >= 4 is 5.82 Å². The van der Waals surface area contributed by atoms with E-state index in [1.807, 2.05) is 0 Å². The van der Waals surface area contributed by atoms with Crippen LogP contribution in [0.4, 0.5) is 5.82 Å². The maximum absolute atomic E-state index is 11.8. The number of nitrogens with one attached hydrogen (secondary N) is 1. The van der Waals surface area contributed by atoms with Crippen molar-refractivity contribution in [2.24, 2.45) is 0 Å². The number of hydrogen-bond acceptors (Lipinski definition) is 8. The molecule has 0 aliphatic carbocycles. The molecule has 0 saturated carbocycles. The van der Waals surface area contributed by atoms with Crippen molar-refractivity contribution in [1.82, 2.24) is 14.9 Å². The fraction of sp³-hybridized carbons (Fsp3) is 0.438. The third-order valence-electron chi connectivity index (χ3n) is 3.93. The quantitative estimate of drug-likeness (QED) is 0.842. The molecule has 2 aromatic rings. The lowest BCUT2D eigenvalue weighted by molar-refractivity contribution is 0.286. The van der Waals surface area contributed by atoms with E-state index < -0.39 is 0 Å². The maximum atomic E-state index is 11.8. The average molecular weight is 332 g/mol. The molecule has 128 valence electrons. The van der Waals surface area contributed by atoms with E-state index in [2.05, 4.69) is 20.2 Å². The molecule has 8 nitrogen and oxygen atoms in total. The van der Waals surface area contributed by atoms with Crippen LogP contribution in [-0.4, -0.2) is 48.2 Å². The average Bonchev–Trinajstić information content (AvgIpc) is 3.02. The van der Waals surface area contributed by atoms with Gasteiger partial charge in [-0.1, -0.05) is 0 Å². The fourth-order valence-electron chi connectivity index (χ4n) is 2.72. The molecule has 0 amide bonds. The van der Waals surface area contributed by atoms with E-state index in [4.69, 9.17) is 13.9 Å². The third-order valence-corrected chi connectivity index (χ3v) is 3.93. The highest BCUT2D eigenvalue weighted by molar-refractivity contribution is 5.38. The molecule has 2 aromatic heterocycles. The van der Waals surface area contributed by atoms with Gasteiger partial charge in [-0.2, -0.15) is 0 Å². The van der Waals surface area contributed by atoms with Crippen LogP contribution in [-0.2, 0) is 6.54 Å². The van der Waals surface area contributed by atoms with Crippen molar-refractivity contribution in [1.29, 1.82) is 0 Å². The number of anilines is 1. The standard InChI is InChI=1S/C16H20N4O4/c1-22-14-9-24-12(5-13(14)21)8-20-4-3-11(7-20)19-15-6-16(23-2)18-10-17-15/h5-6,9-11H,3-4,7-8H2,1-2H3,(H,17,18,19). The molecule has 8 heteroatoms. The first-order valence-electron chi connectivity index (χ1n) is 7.68. The van der Waals surface area contributed by atoms with Crippen molar-refractivity contribution in [3.8, 4) is 11.6 Å². The Bertz CT molecular complexity index is 749. The Kier molecular flexibility index (Phi) is 4.95. The highest BCUT2D eigenvalue weighted by Crippen LogP contribution is 2.18. The fourth-order valence-corrected chi connectivity index (χ4v) is 2.72. The van der Waals surface area contributed by atoms with Gasteiger partial charge in [-0.25, -0.2) is 9.97 Å². The molecular formula is C16H20N4O4. The van der Waals surface area contributed by atoms with Crippen molar-refractivity contribution in [3.05, 3.63) is 40.7 Å². The van der Waals surface area contributed by atoms with Crippen LogP contribution in [0.15, 0.2) is 33.9 Å². The first-order valence-corrected chi connectivity index (χ1v) is 7.68. The van der Waals surface area contributed by atoms with Crippen LogP contribution in [0.5, 0.6) is 11.6 Å². The van der Waals surface area contributed by atoms with E-state index in [1.165, 1.54) is 25.8 Å². The van der Waals surface area contributed by atoms with Crippen molar-refractivity contribution in [3.63, 3.8) is 0 Å². The molecule has 24 heavy (non-hydrogen) atoms. The number of rotatable bonds is 6. The number of aromatic nitrogens is 2. The lowest BCUT2D eigenvalue weighted by atomic mass is 10.2. The van der Waals surface area contributed by atoms with Gasteiger partial charge in [0.15, 0.2) is 0 Å². The monoisotopic (exact) mass is 332 g/mol. The van der Waals surface area contributed by atoms with Crippen molar-refractivity contribution in [2.75, 3.05) is 32.6 Å². The minimum atomic E-state index is -0.166. The van der Waals surface area contributed by atoms with Crippen LogP contribution >= 0.6 is 0 Å². The molecule has 1 N–H and O–H groups in total. The van der Waals surface area contributed by atoms with Gasteiger partial charge in [0.05, 0.1) is 20.8 Å². The highest BCUT2D eigenvalue weighted by Gasteiger charge is 2.23. The van der Waals surface area contributed by atoms with E-state index in [0.29, 0.717) is 18.2 Å². The van der Waals surface area contributed by atoms with E-state index in [-0.39, 0.29) is 17.2 Å². The predicted octanol–water partition coefficient (Wildman–Crippen LogP) is 1.13. The normalized spacial score (nSPS) is 17.7. The van der Waals surface area contributed by atoms with Gasteiger partial charge >= 0.3 is 0 Å². The first kappa shape index (κ1) is 16.3. The van der Waals surface area contributed by atoms with E-state index in [0.717, 1.165) is 25.3 Å².